The van der Waals surface area contributed by atoms with Crippen LogP contribution in [0.3, 0.4) is 0 Å². The van der Waals surface area contributed by atoms with Crippen molar-refractivity contribution in [2.45, 2.75) is 12.6 Å². The highest BCUT2D eigenvalue weighted by Crippen LogP contribution is 2.32. The monoisotopic (exact) mass is 362 g/mol. The van der Waals surface area contributed by atoms with E-state index in [1.54, 1.807) is 18.2 Å². The molecule has 2 aromatic carbocycles. The van der Waals surface area contributed by atoms with E-state index in [1.165, 1.54) is 29.4 Å². The van der Waals surface area contributed by atoms with Crippen LogP contribution >= 0.6 is 0 Å². The Kier molecular flexibility index (Phi) is 4.70. The van der Waals surface area contributed by atoms with Crippen molar-refractivity contribution in [3.63, 3.8) is 0 Å². The van der Waals surface area contributed by atoms with Crippen molar-refractivity contribution in [3.05, 3.63) is 69.8 Å². The summed E-state index contributed by atoms with van der Waals surface area (Å²) in [7, 11) is 0. The van der Waals surface area contributed by atoms with Crippen LogP contribution in [0.1, 0.15) is 17.5 Å². The van der Waals surface area contributed by atoms with Crippen LogP contribution in [0.2, 0.25) is 0 Å². The highest BCUT2D eigenvalue weighted by molar-refractivity contribution is 5.96. The lowest BCUT2D eigenvalue weighted by molar-refractivity contribution is -0.384. The number of amidine groups is 1. The van der Waals surface area contributed by atoms with Crippen molar-refractivity contribution >= 4 is 23.4 Å². The Bertz CT molecular complexity index is 876. The Morgan fingerprint density at radius 2 is 1.92 bits per heavy atom. The Hall–Kier alpha value is -3.23. The molecule has 0 radical (unpaired) electrons. The predicted molar refractivity (Wildman–Crippen MR) is 91.5 cm³/mol. The first-order valence-corrected chi connectivity index (χ1v) is 7.64. The first kappa shape index (κ1) is 17.6. The molecule has 0 amide bonds. The molecule has 0 aromatic heterocycles. The summed E-state index contributed by atoms with van der Waals surface area (Å²) < 4.78 is 38.4. The number of anilines is 1. The van der Waals surface area contributed by atoms with Crippen LogP contribution in [0.15, 0.2) is 58.6 Å². The Balaban J connectivity index is 1.73. The molecule has 134 valence electrons. The van der Waals surface area contributed by atoms with E-state index in [0.29, 0.717) is 30.1 Å². The molecule has 0 N–H and O–H groups in total. The van der Waals surface area contributed by atoms with E-state index < -0.39 is 16.7 Å². The minimum Gasteiger partial charge on any atom is -0.263 e. The lowest BCUT2D eigenvalue weighted by Crippen LogP contribution is -2.13. The van der Waals surface area contributed by atoms with Crippen LogP contribution < -0.4 is 5.01 Å². The number of hydrogen-bond donors (Lipinski definition) is 0. The van der Waals surface area contributed by atoms with Gasteiger partial charge in [0.05, 0.1) is 16.2 Å². The van der Waals surface area contributed by atoms with Crippen molar-refractivity contribution in [1.29, 1.82) is 0 Å². The average Bonchev–Trinajstić information content (AvgIpc) is 3.09. The molecule has 1 aliphatic rings. The van der Waals surface area contributed by atoms with Crippen molar-refractivity contribution in [2.24, 2.45) is 10.1 Å². The summed E-state index contributed by atoms with van der Waals surface area (Å²) in [5.41, 5.74) is 0.264. The Morgan fingerprint density at radius 3 is 2.58 bits per heavy atom. The summed E-state index contributed by atoms with van der Waals surface area (Å²) in [6.07, 6.45) is -2.41. The van der Waals surface area contributed by atoms with Crippen LogP contribution in [-0.4, -0.2) is 23.5 Å². The van der Waals surface area contributed by atoms with E-state index in [0.717, 1.165) is 12.1 Å². The second-order valence-electron chi connectivity index (χ2n) is 5.54. The van der Waals surface area contributed by atoms with E-state index in [9.17, 15) is 23.3 Å². The largest absolute Gasteiger partial charge is 0.416 e. The zero-order valence-corrected chi connectivity index (χ0v) is 13.3. The number of benzene rings is 2. The molecule has 0 bridgehead atoms. The van der Waals surface area contributed by atoms with Gasteiger partial charge in [-0.3, -0.25) is 15.1 Å². The molecular weight excluding hydrogens is 349 g/mol. The SMILES string of the molecule is O=[N+]([O-])c1ccc(C=NC2=NN(c3cccc(C(F)(F)F)c3)CC2)cc1. The van der Waals surface area contributed by atoms with Gasteiger partial charge in [-0.1, -0.05) is 6.07 Å². The molecular formula is C17H13F3N4O2. The number of nitro groups is 1. The maximum atomic E-state index is 12.8. The molecule has 0 fully saturated rings. The third-order valence-corrected chi connectivity index (χ3v) is 3.72. The molecule has 0 atom stereocenters. The van der Waals surface area contributed by atoms with Crippen LogP contribution in [0, 0.1) is 10.1 Å². The molecule has 1 aliphatic heterocycles. The van der Waals surface area contributed by atoms with E-state index in [-0.39, 0.29) is 5.69 Å². The quantitative estimate of drug-likeness (QED) is 0.465. The van der Waals surface area contributed by atoms with Gasteiger partial charge in [0.15, 0.2) is 5.84 Å². The Morgan fingerprint density at radius 1 is 1.19 bits per heavy atom. The molecule has 2 aromatic rings. The summed E-state index contributed by atoms with van der Waals surface area (Å²) in [6, 6.07) is 10.8. The van der Waals surface area contributed by atoms with Gasteiger partial charge in [0, 0.05) is 31.3 Å². The number of aliphatic imine (C=N–C) groups is 1. The standard InChI is InChI=1S/C17H13F3N4O2/c18-17(19,20)13-2-1-3-15(10-13)23-9-8-16(22-23)21-11-12-4-6-14(7-5-12)24(25)26/h1-7,10-11H,8-9H2. The second kappa shape index (κ2) is 6.95. The molecule has 3 rings (SSSR count). The first-order chi connectivity index (χ1) is 12.3. The van der Waals surface area contributed by atoms with Gasteiger partial charge < -0.3 is 0 Å². The number of hydrazone groups is 1. The molecule has 0 saturated heterocycles. The van der Waals surface area contributed by atoms with Gasteiger partial charge in [-0.05, 0) is 35.9 Å². The van der Waals surface area contributed by atoms with Crippen LogP contribution in [0.5, 0.6) is 0 Å². The topological polar surface area (TPSA) is 71.1 Å². The summed E-state index contributed by atoms with van der Waals surface area (Å²) in [4.78, 5) is 14.3. The molecule has 0 saturated carbocycles. The van der Waals surface area contributed by atoms with Crippen molar-refractivity contribution < 1.29 is 18.1 Å². The molecule has 0 spiro atoms. The fourth-order valence-electron chi connectivity index (χ4n) is 2.40. The number of nitrogens with zero attached hydrogens (tertiary/aromatic N) is 4. The third kappa shape index (κ3) is 4.05. The van der Waals surface area contributed by atoms with Gasteiger partial charge in [-0.2, -0.15) is 18.3 Å². The van der Waals surface area contributed by atoms with Crippen molar-refractivity contribution in [1.82, 2.24) is 0 Å². The van der Waals surface area contributed by atoms with Gasteiger partial charge in [-0.15, -0.1) is 0 Å². The smallest absolute Gasteiger partial charge is 0.263 e. The third-order valence-electron chi connectivity index (χ3n) is 3.72. The van der Waals surface area contributed by atoms with Gasteiger partial charge >= 0.3 is 6.18 Å². The fourth-order valence-corrected chi connectivity index (χ4v) is 2.40. The highest BCUT2D eigenvalue weighted by Gasteiger charge is 2.31. The van der Waals surface area contributed by atoms with Crippen LogP contribution in [0.25, 0.3) is 0 Å². The molecule has 9 heteroatoms. The highest BCUT2D eigenvalue weighted by atomic mass is 19.4. The lowest BCUT2D eigenvalue weighted by atomic mass is 10.2. The average molecular weight is 362 g/mol. The Labute approximate surface area is 146 Å². The summed E-state index contributed by atoms with van der Waals surface area (Å²) in [6.45, 7) is 0.425. The van der Waals surface area contributed by atoms with Crippen molar-refractivity contribution in [2.75, 3.05) is 11.6 Å². The van der Waals surface area contributed by atoms with Gasteiger partial charge in [0.25, 0.3) is 5.69 Å². The molecule has 0 aliphatic carbocycles. The molecule has 6 nitrogen and oxygen atoms in total. The number of non-ortho nitro benzene ring substituents is 1. The van der Waals surface area contributed by atoms with Crippen LogP contribution in [-0.2, 0) is 6.18 Å². The fraction of sp³-hybridized carbons (Fsp3) is 0.176. The molecule has 1 heterocycles. The number of halogens is 3. The minimum atomic E-state index is -4.41. The number of rotatable bonds is 3. The van der Waals surface area contributed by atoms with E-state index in [1.807, 2.05) is 0 Å². The van der Waals surface area contributed by atoms with Gasteiger partial charge in [0.2, 0.25) is 0 Å². The normalized spacial score (nSPS) is 14.7. The lowest BCUT2D eigenvalue weighted by Gasteiger charge is -2.15. The minimum absolute atomic E-state index is 0.0175. The van der Waals surface area contributed by atoms with Crippen molar-refractivity contribution in [3.8, 4) is 0 Å². The zero-order chi connectivity index (χ0) is 18.7. The van der Waals surface area contributed by atoms with Gasteiger partial charge in [-0.25, -0.2) is 4.99 Å². The first-order valence-electron chi connectivity index (χ1n) is 7.64. The second-order valence-corrected chi connectivity index (χ2v) is 5.54. The van der Waals surface area contributed by atoms with Crippen LogP contribution in [0.4, 0.5) is 24.5 Å². The van der Waals surface area contributed by atoms with E-state index >= 15 is 0 Å². The number of alkyl halides is 3. The number of hydrogen-bond acceptors (Lipinski definition) is 5. The maximum absolute atomic E-state index is 12.8. The maximum Gasteiger partial charge on any atom is 0.416 e. The van der Waals surface area contributed by atoms with E-state index in [4.69, 9.17) is 0 Å². The van der Waals surface area contributed by atoms with Gasteiger partial charge in [0.1, 0.15) is 0 Å². The number of nitro benzene ring substituents is 1. The summed E-state index contributed by atoms with van der Waals surface area (Å²) in [5.74, 6) is 0.473. The predicted octanol–water partition coefficient (Wildman–Crippen LogP) is 4.26. The summed E-state index contributed by atoms with van der Waals surface area (Å²) in [5, 5.41) is 16.3. The molecule has 0 unspecified atom stereocenters. The zero-order valence-electron chi connectivity index (χ0n) is 13.3. The van der Waals surface area contributed by atoms with E-state index in [2.05, 4.69) is 10.1 Å². The molecule has 26 heavy (non-hydrogen) atoms. The summed E-state index contributed by atoms with van der Waals surface area (Å²) >= 11 is 0.